The molecule has 4 heterocycles. The number of morpholine rings is 1. The second-order valence-electron chi connectivity index (χ2n) is 9.59. The minimum absolute atomic E-state index is 0.106. The molecule has 32 heavy (non-hydrogen) atoms. The van der Waals surface area contributed by atoms with Crippen LogP contribution in [0.25, 0.3) is 0 Å². The number of pyridine rings is 1. The zero-order chi connectivity index (χ0) is 22.5. The summed E-state index contributed by atoms with van der Waals surface area (Å²) in [6, 6.07) is 3.40. The minimum atomic E-state index is -4.29. The SMILES string of the molecule is C=C1CO[C@H]2CCN(C(=O)N3CC4(CC(Cc5ccc(SC(F)(F)F)cn5)C4)C3)C[C@H]2N1. The molecule has 6 nitrogen and oxygen atoms in total. The molecule has 0 aromatic carbocycles. The number of hydrogen-bond donors (Lipinski definition) is 1. The monoisotopic (exact) mass is 468 g/mol. The van der Waals surface area contributed by atoms with Gasteiger partial charge in [-0.3, -0.25) is 4.98 Å². The van der Waals surface area contributed by atoms with Gasteiger partial charge in [0, 0.05) is 54.1 Å². The highest BCUT2D eigenvalue weighted by Crippen LogP contribution is 2.53. The lowest BCUT2D eigenvalue weighted by Gasteiger charge is -2.60. The molecule has 1 saturated carbocycles. The number of thioether (sulfide) groups is 1. The molecular formula is C22H27F3N4O2S. The molecule has 1 aromatic rings. The van der Waals surface area contributed by atoms with Crippen LogP contribution in [0.4, 0.5) is 18.0 Å². The Morgan fingerprint density at radius 1 is 1.31 bits per heavy atom. The first-order chi connectivity index (χ1) is 15.2. The largest absolute Gasteiger partial charge is 0.446 e. The van der Waals surface area contributed by atoms with Gasteiger partial charge in [0.2, 0.25) is 0 Å². The lowest BCUT2D eigenvalue weighted by Crippen LogP contribution is -2.68. The molecule has 0 bridgehead atoms. The third kappa shape index (κ3) is 4.57. The normalized spacial score (nSPS) is 27.4. The summed E-state index contributed by atoms with van der Waals surface area (Å²) in [5.41, 5.74) is -2.38. The average molecular weight is 469 g/mol. The molecule has 4 fully saturated rings. The van der Waals surface area contributed by atoms with E-state index in [1.807, 2.05) is 9.80 Å². The number of piperidine rings is 1. The van der Waals surface area contributed by atoms with Crippen LogP contribution in [0.15, 0.2) is 35.5 Å². The highest BCUT2D eigenvalue weighted by atomic mass is 32.2. The number of hydrogen-bond acceptors (Lipinski definition) is 5. The molecule has 3 aliphatic heterocycles. The summed E-state index contributed by atoms with van der Waals surface area (Å²) in [5, 5.41) is 3.37. The maximum Gasteiger partial charge on any atom is 0.446 e. The van der Waals surface area contributed by atoms with Gasteiger partial charge in [0.05, 0.1) is 18.8 Å². The van der Waals surface area contributed by atoms with Crippen LogP contribution in [0.3, 0.4) is 0 Å². The minimum Gasteiger partial charge on any atom is -0.380 e. The lowest BCUT2D eigenvalue weighted by atomic mass is 9.57. The molecule has 174 valence electrons. The summed E-state index contributed by atoms with van der Waals surface area (Å²) in [7, 11) is 0. The second-order valence-corrected chi connectivity index (χ2v) is 10.7. The van der Waals surface area contributed by atoms with E-state index in [9.17, 15) is 18.0 Å². The predicted molar refractivity (Wildman–Crippen MR) is 114 cm³/mol. The van der Waals surface area contributed by atoms with Crippen LogP contribution in [0, 0.1) is 11.3 Å². The van der Waals surface area contributed by atoms with E-state index in [1.165, 1.54) is 12.3 Å². The van der Waals surface area contributed by atoms with Crippen molar-refractivity contribution in [2.24, 2.45) is 11.3 Å². The predicted octanol–water partition coefficient (Wildman–Crippen LogP) is 3.64. The van der Waals surface area contributed by atoms with E-state index < -0.39 is 5.51 Å². The first-order valence-electron chi connectivity index (χ1n) is 11.0. The first kappa shape index (κ1) is 21.9. The smallest absolute Gasteiger partial charge is 0.380 e. The zero-order valence-electron chi connectivity index (χ0n) is 17.7. The maximum atomic E-state index is 12.9. The van der Waals surface area contributed by atoms with E-state index in [1.54, 1.807) is 6.07 Å². The van der Waals surface area contributed by atoms with E-state index >= 15 is 0 Å². The summed E-state index contributed by atoms with van der Waals surface area (Å²) >= 11 is -0.138. The van der Waals surface area contributed by atoms with Crippen molar-refractivity contribution in [3.05, 3.63) is 36.3 Å². The van der Waals surface area contributed by atoms with E-state index in [2.05, 4.69) is 16.9 Å². The Bertz CT molecular complexity index is 880. The van der Waals surface area contributed by atoms with Crippen LogP contribution in [0.5, 0.6) is 0 Å². The van der Waals surface area contributed by atoms with Crippen molar-refractivity contribution >= 4 is 17.8 Å². The van der Waals surface area contributed by atoms with Crippen LogP contribution in [0.1, 0.15) is 25.0 Å². The number of fused-ring (bicyclic) bond motifs is 1. The number of urea groups is 1. The summed E-state index contributed by atoms with van der Waals surface area (Å²) in [6.07, 6.45) is 5.14. The Kier molecular flexibility index (Phi) is 5.56. The Hall–Kier alpha value is -1.94. The van der Waals surface area contributed by atoms with Crippen molar-refractivity contribution in [1.82, 2.24) is 20.1 Å². The molecule has 1 aromatic heterocycles. The van der Waals surface area contributed by atoms with Gasteiger partial charge in [0.25, 0.3) is 0 Å². The number of aromatic nitrogens is 1. The van der Waals surface area contributed by atoms with Gasteiger partial charge in [-0.25, -0.2) is 4.79 Å². The van der Waals surface area contributed by atoms with Gasteiger partial charge >= 0.3 is 11.5 Å². The molecule has 4 aliphatic rings. The van der Waals surface area contributed by atoms with Gasteiger partial charge in [0.15, 0.2) is 0 Å². The van der Waals surface area contributed by atoms with E-state index in [0.29, 0.717) is 25.6 Å². The molecule has 3 saturated heterocycles. The molecule has 2 amide bonds. The third-order valence-corrected chi connectivity index (χ3v) is 7.69. The topological polar surface area (TPSA) is 57.7 Å². The van der Waals surface area contributed by atoms with Crippen LogP contribution < -0.4 is 5.32 Å². The van der Waals surface area contributed by atoms with Crippen LogP contribution in [-0.2, 0) is 11.2 Å². The lowest BCUT2D eigenvalue weighted by molar-refractivity contribution is -0.0816. The highest BCUT2D eigenvalue weighted by molar-refractivity contribution is 8.00. The number of halogens is 3. The van der Waals surface area contributed by atoms with Crippen LogP contribution in [0.2, 0.25) is 0 Å². The van der Waals surface area contributed by atoms with Crippen LogP contribution >= 0.6 is 11.8 Å². The summed E-state index contributed by atoms with van der Waals surface area (Å²) in [5.74, 6) is 0.478. The summed E-state index contributed by atoms with van der Waals surface area (Å²) in [6.45, 7) is 7.41. The Labute approximate surface area is 189 Å². The van der Waals surface area contributed by atoms with Gasteiger partial charge in [-0.05, 0) is 55.5 Å². The number of alkyl halides is 3. The maximum absolute atomic E-state index is 12.9. The summed E-state index contributed by atoms with van der Waals surface area (Å²) in [4.78, 5) is 21.1. The molecule has 10 heteroatoms. The average Bonchev–Trinajstić information content (AvgIpc) is 2.68. The van der Waals surface area contributed by atoms with Gasteiger partial charge < -0.3 is 19.9 Å². The van der Waals surface area contributed by atoms with E-state index in [4.69, 9.17) is 4.74 Å². The van der Waals surface area contributed by atoms with Crippen molar-refractivity contribution in [2.75, 3.05) is 32.8 Å². The Morgan fingerprint density at radius 3 is 2.78 bits per heavy atom. The number of likely N-dealkylation sites (tertiary alicyclic amines) is 2. The van der Waals surface area contributed by atoms with Gasteiger partial charge in [-0.2, -0.15) is 13.2 Å². The Balaban J connectivity index is 1.06. The third-order valence-electron chi connectivity index (χ3n) is 6.98. The van der Waals surface area contributed by atoms with Gasteiger partial charge in [-0.15, -0.1) is 0 Å². The fourth-order valence-corrected chi connectivity index (χ4v) is 6.15. The molecule has 0 unspecified atom stereocenters. The van der Waals surface area contributed by atoms with Crippen molar-refractivity contribution in [1.29, 1.82) is 0 Å². The number of nitrogens with zero attached hydrogens (tertiary/aromatic N) is 3. The number of carbonyl (C=O) groups is 1. The van der Waals surface area contributed by atoms with E-state index in [0.717, 1.165) is 50.2 Å². The highest BCUT2D eigenvalue weighted by Gasteiger charge is 2.54. The molecule has 1 N–H and O–H groups in total. The van der Waals surface area contributed by atoms with E-state index in [-0.39, 0.29) is 40.2 Å². The van der Waals surface area contributed by atoms with Crippen molar-refractivity contribution < 1.29 is 22.7 Å². The Morgan fingerprint density at radius 2 is 2.09 bits per heavy atom. The number of ether oxygens (including phenoxy) is 1. The number of carbonyl (C=O) groups excluding carboxylic acids is 1. The van der Waals surface area contributed by atoms with Gasteiger partial charge in [-0.1, -0.05) is 6.58 Å². The molecule has 2 atom stereocenters. The first-order valence-corrected chi connectivity index (χ1v) is 11.8. The van der Waals surface area contributed by atoms with Gasteiger partial charge in [0.1, 0.15) is 0 Å². The molecule has 1 aliphatic carbocycles. The van der Waals surface area contributed by atoms with Crippen molar-refractivity contribution in [3.8, 4) is 0 Å². The fourth-order valence-electron chi connectivity index (χ4n) is 5.64. The van der Waals surface area contributed by atoms with Crippen LogP contribution in [-0.4, -0.2) is 71.3 Å². The zero-order valence-corrected chi connectivity index (χ0v) is 18.6. The quantitative estimate of drug-likeness (QED) is 0.687. The molecule has 0 radical (unpaired) electrons. The van der Waals surface area contributed by atoms with Crippen molar-refractivity contribution in [3.63, 3.8) is 0 Å². The molecule has 1 spiro atoms. The number of nitrogens with one attached hydrogen (secondary N) is 1. The standard InChI is InChI=1S/C22H27F3N4O2S/c1-14-11-31-19-4-5-28(10-18(19)27-14)20(30)29-12-21(13-29)7-15(8-21)6-16-2-3-17(9-26-16)32-22(23,24)25/h2-3,9,15,18-19,27H,1,4-8,10-13H2/t18-,19+/m1/s1. The second kappa shape index (κ2) is 8.13. The molecular weight excluding hydrogens is 441 g/mol. The fraction of sp³-hybridized carbons (Fsp3) is 0.636. The van der Waals surface area contributed by atoms with Crippen molar-refractivity contribution in [2.45, 2.75) is 48.2 Å². The summed E-state index contributed by atoms with van der Waals surface area (Å²) < 4.78 is 43.1. The molecule has 5 rings (SSSR count). The number of rotatable bonds is 3. The number of amides is 2.